The lowest BCUT2D eigenvalue weighted by Gasteiger charge is -2.13. The number of rotatable bonds is 5. The summed E-state index contributed by atoms with van der Waals surface area (Å²) in [4.78, 5) is 11.7. The fourth-order valence-electron chi connectivity index (χ4n) is 1.43. The Morgan fingerprint density at radius 3 is 2.59 bits per heavy atom. The Morgan fingerprint density at radius 1 is 1.47 bits per heavy atom. The van der Waals surface area contributed by atoms with Crippen LogP contribution in [0, 0.1) is 5.82 Å². The van der Waals surface area contributed by atoms with Gasteiger partial charge in [-0.3, -0.25) is 4.79 Å². The quantitative estimate of drug-likeness (QED) is 0.847. The van der Waals surface area contributed by atoms with Gasteiger partial charge in [0, 0.05) is 12.5 Å². The lowest BCUT2D eigenvalue weighted by molar-refractivity contribution is 0.0980. The van der Waals surface area contributed by atoms with Gasteiger partial charge in [0.15, 0.2) is 17.3 Å². The Morgan fingerprint density at radius 2 is 2.12 bits per heavy atom. The number of ether oxygens (including phenoxy) is 2. The van der Waals surface area contributed by atoms with Gasteiger partial charge in [-0.15, -0.1) is 0 Å². The molecule has 0 fully saturated rings. The summed E-state index contributed by atoms with van der Waals surface area (Å²) in [5.41, 5.74) is 5.22. The fourth-order valence-corrected chi connectivity index (χ4v) is 2.20. The number of hydrogen-bond acceptors (Lipinski definition) is 4. The van der Waals surface area contributed by atoms with Crippen molar-refractivity contribution in [2.45, 2.75) is 6.42 Å². The van der Waals surface area contributed by atoms with Crippen LogP contribution in [-0.4, -0.2) is 26.5 Å². The first-order chi connectivity index (χ1) is 8.06. The zero-order chi connectivity index (χ0) is 13.0. The molecule has 0 aliphatic rings. The smallest absolute Gasteiger partial charge is 0.175 e. The number of benzene rings is 1. The van der Waals surface area contributed by atoms with E-state index >= 15 is 0 Å². The molecule has 0 heterocycles. The Bertz CT molecular complexity index is 437. The minimum atomic E-state index is -0.659. The summed E-state index contributed by atoms with van der Waals surface area (Å²) >= 11 is 3.15. The molecule has 0 saturated carbocycles. The Labute approximate surface area is 107 Å². The van der Waals surface area contributed by atoms with E-state index in [4.69, 9.17) is 15.2 Å². The molecule has 1 rings (SSSR count). The first-order valence-electron chi connectivity index (χ1n) is 4.90. The van der Waals surface area contributed by atoms with Crippen LogP contribution in [0.5, 0.6) is 11.5 Å². The zero-order valence-corrected chi connectivity index (χ0v) is 11.1. The third kappa shape index (κ3) is 2.76. The summed E-state index contributed by atoms with van der Waals surface area (Å²) in [6, 6.07) is 1.12. The normalized spacial score (nSPS) is 10.2. The molecule has 1 aromatic rings. The van der Waals surface area contributed by atoms with E-state index < -0.39 is 5.82 Å². The summed E-state index contributed by atoms with van der Waals surface area (Å²) in [5, 5.41) is 0. The average Bonchev–Trinajstić information content (AvgIpc) is 2.28. The number of ketones is 1. The number of hydrogen-bond donors (Lipinski definition) is 1. The molecule has 0 aliphatic carbocycles. The summed E-state index contributed by atoms with van der Waals surface area (Å²) < 4.78 is 24.0. The van der Waals surface area contributed by atoms with Gasteiger partial charge in [-0.1, -0.05) is 0 Å². The van der Waals surface area contributed by atoms with Gasteiger partial charge in [0.1, 0.15) is 5.82 Å². The fraction of sp³-hybridized carbons (Fsp3) is 0.364. The molecule has 0 amide bonds. The van der Waals surface area contributed by atoms with Crippen LogP contribution in [0.1, 0.15) is 16.8 Å². The van der Waals surface area contributed by atoms with Crippen molar-refractivity contribution in [3.63, 3.8) is 0 Å². The van der Waals surface area contributed by atoms with Crippen molar-refractivity contribution in [1.29, 1.82) is 0 Å². The summed E-state index contributed by atoms with van der Waals surface area (Å²) in [5.74, 6) is -0.527. The van der Waals surface area contributed by atoms with Crippen LogP contribution in [0.3, 0.4) is 0 Å². The Hall–Kier alpha value is -1.14. The predicted molar refractivity (Wildman–Crippen MR) is 65.2 cm³/mol. The molecule has 6 heteroatoms. The van der Waals surface area contributed by atoms with E-state index in [0.717, 1.165) is 6.07 Å². The third-order valence-corrected chi connectivity index (χ3v) is 2.97. The average molecular weight is 306 g/mol. The first-order valence-corrected chi connectivity index (χ1v) is 5.69. The summed E-state index contributed by atoms with van der Waals surface area (Å²) in [6.07, 6.45) is 0.0744. The van der Waals surface area contributed by atoms with Crippen LogP contribution >= 0.6 is 15.9 Å². The Balaban J connectivity index is 3.36. The molecule has 17 heavy (non-hydrogen) atoms. The van der Waals surface area contributed by atoms with E-state index in [0.29, 0.717) is 0 Å². The topological polar surface area (TPSA) is 61.5 Å². The maximum atomic E-state index is 13.8. The van der Waals surface area contributed by atoms with Crippen LogP contribution in [0.4, 0.5) is 4.39 Å². The number of carbonyl (C=O) groups excluding carboxylic acids is 1. The second-order valence-corrected chi connectivity index (χ2v) is 4.04. The van der Waals surface area contributed by atoms with E-state index in [1.165, 1.54) is 14.2 Å². The van der Waals surface area contributed by atoms with Crippen molar-refractivity contribution < 1.29 is 18.7 Å². The van der Waals surface area contributed by atoms with Gasteiger partial charge in [0.25, 0.3) is 0 Å². The van der Waals surface area contributed by atoms with Crippen LogP contribution in [0.2, 0.25) is 0 Å². The minimum absolute atomic E-state index is 0.0619. The highest BCUT2D eigenvalue weighted by Crippen LogP contribution is 2.39. The zero-order valence-electron chi connectivity index (χ0n) is 9.55. The lowest BCUT2D eigenvalue weighted by Crippen LogP contribution is -2.11. The van der Waals surface area contributed by atoms with Gasteiger partial charge in [-0.2, -0.15) is 0 Å². The number of Topliss-reactive ketones (excluding diaryl/α,β-unsaturated/α-hetero) is 1. The molecular formula is C11H13BrFNO3. The van der Waals surface area contributed by atoms with Crippen molar-refractivity contribution in [1.82, 2.24) is 0 Å². The Kier molecular flexibility index (Phi) is 4.89. The molecule has 0 unspecified atom stereocenters. The highest BCUT2D eigenvalue weighted by atomic mass is 79.9. The van der Waals surface area contributed by atoms with E-state index in [-0.39, 0.29) is 40.3 Å². The lowest BCUT2D eigenvalue weighted by atomic mass is 10.1. The molecule has 0 aliphatic heterocycles. The van der Waals surface area contributed by atoms with Crippen LogP contribution in [0.25, 0.3) is 0 Å². The molecule has 0 spiro atoms. The van der Waals surface area contributed by atoms with E-state index in [9.17, 15) is 9.18 Å². The minimum Gasteiger partial charge on any atom is -0.493 e. The molecule has 0 bridgehead atoms. The highest BCUT2D eigenvalue weighted by Gasteiger charge is 2.22. The maximum Gasteiger partial charge on any atom is 0.175 e. The van der Waals surface area contributed by atoms with Gasteiger partial charge in [0.05, 0.1) is 24.3 Å². The van der Waals surface area contributed by atoms with Gasteiger partial charge >= 0.3 is 0 Å². The molecule has 0 atom stereocenters. The second kappa shape index (κ2) is 5.97. The number of methoxy groups -OCH3 is 2. The van der Waals surface area contributed by atoms with E-state index in [1.54, 1.807) is 0 Å². The van der Waals surface area contributed by atoms with Gasteiger partial charge in [-0.05, 0) is 22.5 Å². The summed E-state index contributed by atoms with van der Waals surface area (Å²) in [6.45, 7) is 0.166. The van der Waals surface area contributed by atoms with Crippen molar-refractivity contribution in [3.8, 4) is 11.5 Å². The molecule has 94 valence electrons. The van der Waals surface area contributed by atoms with Crippen LogP contribution in [0.15, 0.2) is 10.5 Å². The molecule has 0 radical (unpaired) electrons. The SMILES string of the molecule is COc1cc(F)c(C(=O)CCN)c(Br)c1OC. The molecular weight excluding hydrogens is 293 g/mol. The largest absolute Gasteiger partial charge is 0.493 e. The van der Waals surface area contributed by atoms with Crippen LogP contribution in [-0.2, 0) is 0 Å². The monoisotopic (exact) mass is 305 g/mol. The standard InChI is InChI=1S/C11H13BrFNO3/c1-16-8-5-6(13)9(7(15)3-4-14)10(12)11(8)17-2/h5H,3-4,14H2,1-2H3. The van der Waals surface area contributed by atoms with E-state index in [2.05, 4.69) is 15.9 Å². The van der Waals surface area contributed by atoms with Crippen molar-refractivity contribution in [2.24, 2.45) is 5.73 Å². The number of nitrogens with two attached hydrogens (primary N) is 1. The van der Waals surface area contributed by atoms with Crippen molar-refractivity contribution in [2.75, 3.05) is 20.8 Å². The van der Waals surface area contributed by atoms with E-state index in [1.807, 2.05) is 0 Å². The second-order valence-electron chi connectivity index (χ2n) is 3.24. The third-order valence-electron chi connectivity index (χ3n) is 2.21. The molecule has 1 aromatic carbocycles. The first kappa shape index (κ1) is 13.9. The van der Waals surface area contributed by atoms with Gasteiger partial charge in [-0.25, -0.2) is 4.39 Å². The van der Waals surface area contributed by atoms with Gasteiger partial charge < -0.3 is 15.2 Å². The summed E-state index contributed by atoms with van der Waals surface area (Å²) in [7, 11) is 2.81. The molecule has 4 nitrogen and oxygen atoms in total. The maximum absolute atomic E-state index is 13.8. The predicted octanol–water partition coefficient (Wildman–Crippen LogP) is 2.14. The number of halogens is 2. The van der Waals surface area contributed by atoms with Crippen molar-refractivity contribution in [3.05, 3.63) is 21.9 Å². The molecule has 0 saturated heterocycles. The molecule has 0 aromatic heterocycles. The molecule has 2 N–H and O–H groups in total. The van der Waals surface area contributed by atoms with Crippen molar-refractivity contribution >= 4 is 21.7 Å². The van der Waals surface area contributed by atoms with Gasteiger partial charge in [0.2, 0.25) is 0 Å². The van der Waals surface area contributed by atoms with Crippen LogP contribution < -0.4 is 15.2 Å². The highest BCUT2D eigenvalue weighted by molar-refractivity contribution is 9.10. The number of carbonyl (C=O) groups is 1.